The summed E-state index contributed by atoms with van der Waals surface area (Å²) in [5, 5.41) is 0. The van der Waals surface area contributed by atoms with Gasteiger partial charge >= 0.3 is 0 Å². The molecule has 2 rings (SSSR count). The minimum atomic E-state index is 0.843. The molecule has 2 heteroatoms. The van der Waals surface area contributed by atoms with Gasteiger partial charge in [-0.2, -0.15) is 0 Å². The first kappa shape index (κ1) is 18.3. The first-order valence-electron chi connectivity index (χ1n) is 9.84. The Morgan fingerprint density at radius 3 is 1.91 bits per heavy atom. The maximum atomic E-state index is 2.67. The standard InChI is InChI=1S/C20H40N2/c1-16-6-10-20(11-7-16)22(5)15-14-17(2)18-8-12-19(13-9-18)21(3)4/h16-20H,6-15H2,1-5H3. The lowest BCUT2D eigenvalue weighted by atomic mass is 9.77. The van der Waals surface area contributed by atoms with Crippen LogP contribution >= 0.6 is 0 Å². The Morgan fingerprint density at radius 2 is 1.36 bits per heavy atom. The minimum Gasteiger partial charge on any atom is -0.306 e. The highest BCUT2D eigenvalue weighted by atomic mass is 15.1. The third kappa shape index (κ3) is 5.23. The van der Waals surface area contributed by atoms with Gasteiger partial charge in [0, 0.05) is 12.1 Å². The molecule has 2 saturated carbocycles. The Hall–Kier alpha value is -0.0800. The third-order valence-electron chi connectivity index (χ3n) is 6.82. The number of hydrogen-bond donors (Lipinski definition) is 0. The first-order valence-corrected chi connectivity index (χ1v) is 9.84. The Balaban J connectivity index is 1.66. The van der Waals surface area contributed by atoms with E-state index in [9.17, 15) is 0 Å². The van der Waals surface area contributed by atoms with Gasteiger partial charge < -0.3 is 9.80 Å². The summed E-state index contributed by atoms with van der Waals surface area (Å²) in [6, 6.07) is 1.71. The molecule has 0 aromatic heterocycles. The van der Waals surface area contributed by atoms with E-state index in [4.69, 9.17) is 0 Å². The van der Waals surface area contributed by atoms with Crippen molar-refractivity contribution in [3.8, 4) is 0 Å². The molecular weight excluding hydrogens is 268 g/mol. The summed E-state index contributed by atoms with van der Waals surface area (Å²) in [5.41, 5.74) is 0. The largest absolute Gasteiger partial charge is 0.306 e. The molecule has 0 aliphatic heterocycles. The van der Waals surface area contributed by atoms with Crippen molar-refractivity contribution in [2.24, 2.45) is 17.8 Å². The van der Waals surface area contributed by atoms with E-state index in [1.165, 1.54) is 64.3 Å². The molecule has 0 radical (unpaired) electrons. The first-order chi connectivity index (χ1) is 10.5. The van der Waals surface area contributed by atoms with E-state index in [1.807, 2.05) is 0 Å². The monoisotopic (exact) mass is 308 g/mol. The summed E-state index contributed by atoms with van der Waals surface area (Å²) in [6.07, 6.45) is 12.9. The molecule has 0 aromatic rings. The van der Waals surface area contributed by atoms with Crippen molar-refractivity contribution in [3.05, 3.63) is 0 Å². The van der Waals surface area contributed by atoms with Gasteiger partial charge in [-0.05, 0) is 103 Å². The van der Waals surface area contributed by atoms with Gasteiger partial charge in [-0.1, -0.05) is 13.8 Å². The number of hydrogen-bond acceptors (Lipinski definition) is 2. The lowest BCUT2D eigenvalue weighted by molar-refractivity contribution is 0.133. The molecule has 0 aromatic carbocycles. The molecule has 0 N–H and O–H groups in total. The topological polar surface area (TPSA) is 6.48 Å². The molecule has 0 amide bonds. The average Bonchev–Trinajstić information content (AvgIpc) is 2.53. The van der Waals surface area contributed by atoms with Crippen molar-refractivity contribution in [1.82, 2.24) is 9.80 Å². The molecule has 2 aliphatic carbocycles. The van der Waals surface area contributed by atoms with Crippen molar-refractivity contribution < 1.29 is 0 Å². The van der Waals surface area contributed by atoms with Crippen LogP contribution in [0.2, 0.25) is 0 Å². The van der Waals surface area contributed by atoms with E-state index in [-0.39, 0.29) is 0 Å². The third-order valence-corrected chi connectivity index (χ3v) is 6.82. The van der Waals surface area contributed by atoms with Crippen LogP contribution in [0.25, 0.3) is 0 Å². The quantitative estimate of drug-likeness (QED) is 0.705. The van der Waals surface area contributed by atoms with Gasteiger partial charge in [0.05, 0.1) is 0 Å². The summed E-state index contributed by atoms with van der Waals surface area (Å²) in [4.78, 5) is 5.10. The van der Waals surface area contributed by atoms with Crippen molar-refractivity contribution in [2.75, 3.05) is 27.7 Å². The molecule has 22 heavy (non-hydrogen) atoms. The van der Waals surface area contributed by atoms with Gasteiger partial charge in [-0.25, -0.2) is 0 Å². The Labute approximate surface area is 139 Å². The molecule has 2 aliphatic rings. The zero-order valence-corrected chi connectivity index (χ0v) is 15.9. The number of rotatable bonds is 6. The second kappa shape index (κ2) is 8.68. The summed E-state index contributed by atoms with van der Waals surface area (Å²) >= 11 is 0. The maximum absolute atomic E-state index is 2.67. The fraction of sp³-hybridized carbons (Fsp3) is 1.00. The van der Waals surface area contributed by atoms with Crippen molar-refractivity contribution in [1.29, 1.82) is 0 Å². The van der Waals surface area contributed by atoms with E-state index < -0.39 is 0 Å². The van der Waals surface area contributed by atoms with Gasteiger partial charge in [-0.3, -0.25) is 0 Å². The SMILES string of the molecule is CC1CCC(N(C)CCC(C)C2CCC(N(C)C)CC2)CC1. The lowest BCUT2D eigenvalue weighted by Gasteiger charge is -2.37. The highest BCUT2D eigenvalue weighted by Gasteiger charge is 2.27. The second-order valence-electron chi connectivity index (χ2n) is 8.69. The molecular formula is C20H40N2. The van der Waals surface area contributed by atoms with Crippen molar-refractivity contribution >= 4 is 0 Å². The average molecular weight is 309 g/mol. The summed E-state index contributed by atoms with van der Waals surface area (Å²) in [7, 11) is 6.86. The van der Waals surface area contributed by atoms with Gasteiger partial charge in [0.1, 0.15) is 0 Å². The Bertz CT molecular complexity index is 299. The Kier molecular flexibility index (Phi) is 7.21. The van der Waals surface area contributed by atoms with Crippen LogP contribution in [-0.2, 0) is 0 Å². The van der Waals surface area contributed by atoms with E-state index in [0.29, 0.717) is 0 Å². The molecule has 0 saturated heterocycles. The Morgan fingerprint density at radius 1 is 0.818 bits per heavy atom. The van der Waals surface area contributed by atoms with Crippen LogP contribution in [0.1, 0.15) is 71.6 Å². The van der Waals surface area contributed by atoms with Crippen LogP contribution < -0.4 is 0 Å². The van der Waals surface area contributed by atoms with Crippen LogP contribution in [0, 0.1) is 17.8 Å². The van der Waals surface area contributed by atoms with Crippen molar-refractivity contribution in [2.45, 2.75) is 83.7 Å². The van der Waals surface area contributed by atoms with Crippen LogP contribution in [0.15, 0.2) is 0 Å². The molecule has 2 fully saturated rings. The van der Waals surface area contributed by atoms with Gasteiger partial charge in [0.15, 0.2) is 0 Å². The van der Waals surface area contributed by atoms with E-state index in [2.05, 4.69) is 44.8 Å². The van der Waals surface area contributed by atoms with E-state index in [0.717, 1.165) is 29.8 Å². The zero-order valence-electron chi connectivity index (χ0n) is 15.9. The predicted octanol–water partition coefficient (Wildman–Crippen LogP) is 4.64. The molecule has 0 bridgehead atoms. The zero-order chi connectivity index (χ0) is 16.1. The lowest BCUT2D eigenvalue weighted by Crippen LogP contribution is -2.37. The van der Waals surface area contributed by atoms with Gasteiger partial charge in [-0.15, -0.1) is 0 Å². The summed E-state index contributed by atoms with van der Waals surface area (Å²) in [6.45, 7) is 6.24. The highest BCUT2D eigenvalue weighted by Crippen LogP contribution is 2.33. The van der Waals surface area contributed by atoms with Crippen LogP contribution in [0.4, 0.5) is 0 Å². The van der Waals surface area contributed by atoms with Crippen LogP contribution in [0.3, 0.4) is 0 Å². The molecule has 0 heterocycles. The summed E-state index contributed by atoms with van der Waals surface area (Å²) in [5.74, 6) is 2.86. The minimum absolute atomic E-state index is 0.843. The summed E-state index contributed by atoms with van der Waals surface area (Å²) < 4.78 is 0. The van der Waals surface area contributed by atoms with Crippen molar-refractivity contribution in [3.63, 3.8) is 0 Å². The normalized spacial score (nSPS) is 35.0. The predicted molar refractivity (Wildman–Crippen MR) is 97.3 cm³/mol. The molecule has 0 spiro atoms. The smallest absolute Gasteiger partial charge is 0.00924 e. The maximum Gasteiger partial charge on any atom is 0.00924 e. The fourth-order valence-electron chi connectivity index (χ4n) is 4.70. The molecule has 2 nitrogen and oxygen atoms in total. The van der Waals surface area contributed by atoms with Gasteiger partial charge in [0.25, 0.3) is 0 Å². The number of nitrogens with zero attached hydrogens (tertiary/aromatic N) is 2. The second-order valence-corrected chi connectivity index (χ2v) is 8.69. The molecule has 130 valence electrons. The van der Waals surface area contributed by atoms with Gasteiger partial charge in [0.2, 0.25) is 0 Å². The molecule has 1 atom stereocenters. The van der Waals surface area contributed by atoms with E-state index in [1.54, 1.807) is 0 Å². The van der Waals surface area contributed by atoms with Crippen LogP contribution in [0.5, 0.6) is 0 Å². The fourth-order valence-corrected chi connectivity index (χ4v) is 4.70. The van der Waals surface area contributed by atoms with E-state index >= 15 is 0 Å². The van der Waals surface area contributed by atoms with Crippen LogP contribution in [-0.4, -0.2) is 49.6 Å². The highest BCUT2D eigenvalue weighted by molar-refractivity contribution is 4.81. The molecule has 1 unspecified atom stereocenters.